The number of rotatable bonds is 6. The lowest BCUT2D eigenvalue weighted by atomic mass is 9.69. The monoisotopic (exact) mass is 423 g/mol. The minimum absolute atomic E-state index is 0.173. The molecule has 3 atom stereocenters. The fraction of sp³-hybridized carbons (Fsp3) is 0.593. The van der Waals surface area contributed by atoms with Crippen LogP contribution in [0, 0.1) is 17.3 Å². The van der Waals surface area contributed by atoms with E-state index in [4.69, 9.17) is 4.74 Å². The number of carboxylic acids is 1. The zero-order valence-electron chi connectivity index (χ0n) is 19.3. The lowest BCUT2D eigenvalue weighted by Crippen LogP contribution is -2.35. The first-order valence-electron chi connectivity index (χ1n) is 12.0. The maximum absolute atomic E-state index is 11.2. The standard InChI is InChI=1S/C27H37NO3/c1-4-27(3)16-19(2)13-25(17-27)31-24-8-7-22-14-20(5-6-23(22)15-24)18-28-11-9-21(10-12-28)26(29)30/h5-8,14-15,19,21,25H,4,9-13,16-18H2,1-3H3,(H,29,30). The van der Waals surface area contributed by atoms with E-state index in [-0.39, 0.29) is 5.92 Å². The minimum atomic E-state index is -0.648. The van der Waals surface area contributed by atoms with Crippen molar-refractivity contribution in [1.82, 2.24) is 4.90 Å². The van der Waals surface area contributed by atoms with Crippen LogP contribution in [-0.4, -0.2) is 35.2 Å². The molecule has 1 N–H and O–H groups in total. The second-order valence-corrected chi connectivity index (χ2v) is 10.4. The van der Waals surface area contributed by atoms with E-state index in [0.29, 0.717) is 17.4 Å². The average Bonchev–Trinajstić information content (AvgIpc) is 2.73. The number of aliphatic carboxylic acids is 1. The Morgan fingerprint density at radius 1 is 1.13 bits per heavy atom. The van der Waals surface area contributed by atoms with Crippen molar-refractivity contribution in [1.29, 1.82) is 0 Å². The molecule has 168 valence electrons. The van der Waals surface area contributed by atoms with Crippen LogP contribution in [0.5, 0.6) is 5.75 Å². The van der Waals surface area contributed by atoms with Gasteiger partial charge in [0.05, 0.1) is 12.0 Å². The summed E-state index contributed by atoms with van der Waals surface area (Å²) in [4.78, 5) is 13.5. The number of likely N-dealkylation sites (tertiary alicyclic amines) is 1. The number of carboxylic acid groups (broad SMARTS) is 1. The molecule has 1 heterocycles. The summed E-state index contributed by atoms with van der Waals surface area (Å²) in [7, 11) is 0. The smallest absolute Gasteiger partial charge is 0.306 e. The van der Waals surface area contributed by atoms with E-state index < -0.39 is 5.97 Å². The summed E-state index contributed by atoms with van der Waals surface area (Å²) >= 11 is 0. The number of hydrogen-bond acceptors (Lipinski definition) is 3. The van der Waals surface area contributed by atoms with Crippen LogP contribution in [0.1, 0.15) is 64.9 Å². The topological polar surface area (TPSA) is 49.8 Å². The Balaban J connectivity index is 1.40. The van der Waals surface area contributed by atoms with Crippen LogP contribution in [-0.2, 0) is 11.3 Å². The van der Waals surface area contributed by atoms with Crippen LogP contribution in [0.4, 0.5) is 0 Å². The van der Waals surface area contributed by atoms with Gasteiger partial charge < -0.3 is 9.84 Å². The van der Waals surface area contributed by atoms with E-state index in [1.54, 1.807) is 0 Å². The molecule has 2 fully saturated rings. The molecular weight excluding hydrogens is 386 g/mol. The second kappa shape index (κ2) is 9.20. The molecule has 1 aliphatic carbocycles. The third-order valence-corrected chi connectivity index (χ3v) is 7.60. The minimum Gasteiger partial charge on any atom is -0.490 e. The summed E-state index contributed by atoms with van der Waals surface area (Å²) in [6.45, 7) is 9.67. The molecule has 0 radical (unpaired) electrons. The van der Waals surface area contributed by atoms with Crippen LogP contribution in [0.15, 0.2) is 36.4 Å². The van der Waals surface area contributed by atoms with Crippen LogP contribution in [0.25, 0.3) is 10.8 Å². The van der Waals surface area contributed by atoms with Gasteiger partial charge in [-0.15, -0.1) is 0 Å². The molecule has 0 bridgehead atoms. The van der Waals surface area contributed by atoms with Gasteiger partial charge in [-0.05, 0) is 91.1 Å². The highest BCUT2D eigenvalue weighted by molar-refractivity contribution is 5.84. The molecule has 4 heteroatoms. The Bertz CT molecular complexity index is 918. The average molecular weight is 424 g/mol. The third kappa shape index (κ3) is 5.41. The van der Waals surface area contributed by atoms with E-state index in [1.165, 1.54) is 29.2 Å². The Morgan fingerprint density at radius 2 is 1.84 bits per heavy atom. The molecule has 0 aromatic heterocycles. The van der Waals surface area contributed by atoms with Gasteiger partial charge in [0, 0.05) is 6.54 Å². The van der Waals surface area contributed by atoms with Crippen LogP contribution >= 0.6 is 0 Å². The van der Waals surface area contributed by atoms with Crippen molar-refractivity contribution in [3.8, 4) is 5.75 Å². The molecule has 3 unspecified atom stereocenters. The van der Waals surface area contributed by atoms with Gasteiger partial charge in [0.1, 0.15) is 5.75 Å². The first-order chi connectivity index (χ1) is 14.8. The fourth-order valence-electron chi connectivity index (χ4n) is 5.70. The second-order valence-electron chi connectivity index (χ2n) is 10.4. The molecule has 2 aromatic carbocycles. The van der Waals surface area contributed by atoms with Gasteiger partial charge >= 0.3 is 5.97 Å². The predicted molar refractivity (Wildman–Crippen MR) is 125 cm³/mol. The van der Waals surface area contributed by atoms with E-state index in [9.17, 15) is 9.90 Å². The molecule has 31 heavy (non-hydrogen) atoms. The Hall–Kier alpha value is -2.07. The molecule has 2 aromatic rings. The Kier molecular flexibility index (Phi) is 6.57. The summed E-state index contributed by atoms with van der Waals surface area (Å²) in [6, 6.07) is 13.1. The summed E-state index contributed by atoms with van der Waals surface area (Å²) < 4.78 is 6.46. The molecule has 0 amide bonds. The van der Waals surface area contributed by atoms with Crippen LogP contribution in [0.3, 0.4) is 0 Å². The molecule has 1 aliphatic heterocycles. The largest absolute Gasteiger partial charge is 0.490 e. The number of benzene rings is 2. The SMILES string of the molecule is CCC1(C)CC(C)CC(Oc2ccc3cc(CN4CCC(C(=O)O)CC4)ccc3c2)C1. The zero-order valence-corrected chi connectivity index (χ0v) is 19.3. The van der Waals surface area contributed by atoms with Crippen molar-refractivity contribution in [2.75, 3.05) is 13.1 Å². The lowest BCUT2D eigenvalue weighted by molar-refractivity contribution is -0.143. The maximum atomic E-state index is 11.2. The van der Waals surface area contributed by atoms with Crippen molar-refractivity contribution < 1.29 is 14.6 Å². The predicted octanol–water partition coefficient (Wildman–Crippen LogP) is 6.12. The molecule has 4 nitrogen and oxygen atoms in total. The van der Waals surface area contributed by atoms with Gasteiger partial charge in [-0.25, -0.2) is 0 Å². The van der Waals surface area contributed by atoms with Gasteiger partial charge in [0.25, 0.3) is 0 Å². The molecule has 0 spiro atoms. The van der Waals surface area contributed by atoms with Crippen LogP contribution in [0.2, 0.25) is 0 Å². The summed E-state index contributed by atoms with van der Waals surface area (Å²) in [5.74, 6) is 0.875. The van der Waals surface area contributed by atoms with Crippen molar-refractivity contribution >= 4 is 16.7 Å². The van der Waals surface area contributed by atoms with Gasteiger partial charge in [-0.3, -0.25) is 9.69 Å². The van der Waals surface area contributed by atoms with Gasteiger partial charge in [0.15, 0.2) is 0 Å². The van der Waals surface area contributed by atoms with Crippen molar-refractivity contribution in [3.63, 3.8) is 0 Å². The number of nitrogens with zero attached hydrogens (tertiary/aromatic N) is 1. The number of piperidine rings is 1. The highest BCUT2D eigenvalue weighted by Gasteiger charge is 2.35. The highest BCUT2D eigenvalue weighted by atomic mass is 16.5. The highest BCUT2D eigenvalue weighted by Crippen LogP contribution is 2.42. The molecular formula is C27H37NO3. The van der Waals surface area contributed by atoms with Gasteiger partial charge in [-0.1, -0.05) is 45.4 Å². The van der Waals surface area contributed by atoms with Crippen molar-refractivity contribution in [2.45, 2.75) is 71.9 Å². The summed E-state index contributed by atoms with van der Waals surface area (Å²) in [5, 5.41) is 11.6. The summed E-state index contributed by atoms with van der Waals surface area (Å²) in [5.41, 5.74) is 1.68. The third-order valence-electron chi connectivity index (χ3n) is 7.60. The van der Waals surface area contributed by atoms with E-state index in [0.717, 1.165) is 51.1 Å². The lowest BCUT2D eigenvalue weighted by Gasteiger charge is -2.40. The van der Waals surface area contributed by atoms with Gasteiger partial charge in [-0.2, -0.15) is 0 Å². The first-order valence-corrected chi connectivity index (χ1v) is 12.0. The normalized spacial score (nSPS) is 28.0. The maximum Gasteiger partial charge on any atom is 0.306 e. The number of fused-ring (bicyclic) bond motifs is 1. The first kappa shape index (κ1) is 22.1. The van der Waals surface area contributed by atoms with Crippen molar-refractivity contribution in [2.24, 2.45) is 17.3 Å². The molecule has 1 saturated carbocycles. The van der Waals surface area contributed by atoms with Gasteiger partial charge in [0.2, 0.25) is 0 Å². The van der Waals surface area contributed by atoms with Crippen LogP contribution < -0.4 is 4.74 Å². The number of ether oxygens (including phenoxy) is 1. The zero-order chi connectivity index (χ0) is 22.0. The fourth-order valence-corrected chi connectivity index (χ4v) is 5.70. The number of hydrogen-bond donors (Lipinski definition) is 1. The number of carbonyl (C=O) groups is 1. The van der Waals surface area contributed by atoms with E-state index in [2.05, 4.69) is 62.1 Å². The quantitative estimate of drug-likeness (QED) is 0.608. The van der Waals surface area contributed by atoms with E-state index >= 15 is 0 Å². The van der Waals surface area contributed by atoms with E-state index in [1.807, 2.05) is 0 Å². The molecule has 4 rings (SSSR count). The Morgan fingerprint density at radius 3 is 2.55 bits per heavy atom. The Labute approximate surface area is 186 Å². The molecule has 1 saturated heterocycles. The summed E-state index contributed by atoms with van der Waals surface area (Å²) in [6.07, 6.45) is 6.61. The van der Waals surface area contributed by atoms with Crippen molar-refractivity contribution in [3.05, 3.63) is 42.0 Å². The molecule has 2 aliphatic rings.